The van der Waals surface area contributed by atoms with E-state index in [1.807, 2.05) is 5.32 Å². The Morgan fingerprint density at radius 3 is 2.39 bits per heavy atom. The second-order valence-electron chi connectivity index (χ2n) is 3.02. The number of urea groups is 1. The molecule has 3 N–H and O–H groups in total. The predicted molar refractivity (Wildman–Crippen MR) is 56.6 cm³/mol. The summed E-state index contributed by atoms with van der Waals surface area (Å²) in [5.74, 6) is -2.50. The molecular weight excluding hydrogens is 248 g/mol. The fourth-order valence-corrected chi connectivity index (χ4v) is 0.818. The molecule has 0 spiro atoms. The van der Waals surface area contributed by atoms with E-state index >= 15 is 0 Å². The minimum atomic E-state index is -1.22. The van der Waals surface area contributed by atoms with Crippen LogP contribution in [0.1, 0.15) is 6.42 Å². The summed E-state index contributed by atoms with van der Waals surface area (Å²) in [6.45, 7) is -1.16. The van der Waals surface area contributed by atoms with Crippen molar-refractivity contribution >= 4 is 23.9 Å². The number of aliphatic carboxylic acids is 1. The van der Waals surface area contributed by atoms with Crippen LogP contribution in [-0.2, 0) is 23.9 Å². The van der Waals surface area contributed by atoms with E-state index in [0.717, 1.165) is 0 Å². The van der Waals surface area contributed by atoms with Crippen molar-refractivity contribution in [1.82, 2.24) is 10.6 Å². The summed E-state index contributed by atoms with van der Waals surface area (Å²) in [5.41, 5.74) is 0. The molecule has 9 heteroatoms. The van der Waals surface area contributed by atoms with Crippen LogP contribution in [0.4, 0.5) is 4.79 Å². The number of carboxylic acids is 1. The van der Waals surface area contributed by atoms with E-state index in [0.29, 0.717) is 0 Å². The van der Waals surface area contributed by atoms with E-state index in [1.54, 1.807) is 0 Å². The average Bonchev–Trinajstić information content (AvgIpc) is 2.28. The standard InChI is InChI=1S/C9H14N2O7/c1-17-8(15)2-3-10-9(16)11-6(12)4-18-5-7(13)14/h2-5H2,1H3,(H,13,14)(H2,10,11,12,16). The van der Waals surface area contributed by atoms with Gasteiger partial charge in [-0.1, -0.05) is 0 Å². The number of carboxylic acid groups (broad SMARTS) is 1. The van der Waals surface area contributed by atoms with Crippen LogP contribution in [0, 0.1) is 0 Å². The van der Waals surface area contributed by atoms with Crippen LogP contribution in [0.25, 0.3) is 0 Å². The Hall–Kier alpha value is -2.16. The summed E-state index contributed by atoms with van der Waals surface area (Å²) in [6, 6.07) is -0.803. The van der Waals surface area contributed by atoms with Crippen LogP contribution in [0.15, 0.2) is 0 Å². The Bertz CT molecular complexity index is 329. The first-order valence-electron chi connectivity index (χ1n) is 4.89. The minimum absolute atomic E-state index is 0.0156. The molecule has 0 aromatic carbocycles. The molecule has 102 valence electrons. The third-order valence-electron chi connectivity index (χ3n) is 1.55. The van der Waals surface area contributed by atoms with Crippen LogP contribution < -0.4 is 10.6 Å². The van der Waals surface area contributed by atoms with Gasteiger partial charge in [-0.05, 0) is 0 Å². The number of amides is 3. The summed E-state index contributed by atoms with van der Waals surface area (Å²) in [5, 5.41) is 12.3. The molecule has 0 unspecified atom stereocenters. The first-order valence-corrected chi connectivity index (χ1v) is 4.89. The molecule has 0 saturated heterocycles. The molecular formula is C9H14N2O7. The van der Waals surface area contributed by atoms with Crippen LogP contribution >= 0.6 is 0 Å². The van der Waals surface area contributed by atoms with Crippen LogP contribution in [-0.4, -0.2) is 55.9 Å². The summed E-state index contributed by atoms with van der Waals surface area (Å²) < 4.78 is 8.79. The number of nitrogens with one attached hydrogen (secondary N) is 2. The van der Waals surface area contributed by atoms with Crippen molar-refractivity contribution in [3.8, 4) is 0 Å². The summed E-state index contributed by atoms with van der Waals surface area (Å²) in [4.78, 5) is 42.8. The number of esters is 1. The highest BCUT2D eigenvalue weighted by atomic mass is 16.5. The van der Waals surface area contributed by atoms with Gasteiger partial charge in [-0.25, -0.2) is 9.59 Å². The number of ether oxygens (including phenoxy) is 2. The second-order valence-corrected chi connectivity index (χ2v) is 3.02. The van der Waals surface area contributed by atoms with E-state index in [4.69, 9.17) is 5.11 Å². The van der Waals surface area contributed by atoms with Crippen molar-refractivity contribution in [1.29, 1.82) is 0 Å². The Balaban J connectivity index is 3.64. The van der Waals surface area contributed by atoms with Gasteiger partial charge in [-0.3, -0.25) is 14.9 Å². The number of hydrogen-bond donors (Lipinski definition) is 3. The summed E-state index contributed by atoms with van der Waals surface area (Å²) >= 11 is 0. The zero-order chi connectivity index (χ0) is 14.0. The lowest BCUT2D eigenvalue weighted by Gasteiger charge is -2.05. The highest BCUT2D eigenvalue weighted by molar-refractivity contribution is 5.95. The Kier molecular flexibility index (Phi) is 7.86. The van der Waals surface area contributed by atoms with E-state index in [2.05, 4.69) is 14.8 Å². The van der Waals surface area contributed by atoms with Gasteiger partial charge in [0.05, 0.1) is 13.5 Å². The van der Waals surface area contributed by atoms with Gasteiger partial charge in [0.25, 0.3) is 5.91 Å². The topological polar surface area (TPSA) is 131 Å². The molecule has 0 aliphatic carbocycles. The molecule has 0 aromatic rings. The van der Waals surface area contributed by atoms with Crippen LogP contribution in [0.3, 0.4) is 0 Å². The molecule has 0 fully saturated rings. The zero-order valence-corrected chi connectivity index (χ0v) is 9.73. The summed E-state index contributed by atoms with van der Waals surface area (Å²) in [7, 11) is 1.21. The first kappa shape index (κ1) is 15.8. The normalized spacial score (nSPS) is 9.39. The molecule has 0 aliphatic rings. The van der Waals surface area contributed by atoms with Gasteiger partial charge in [-0.2, -0.15) is 0 Å². The van der Waals surface area contributed by atoms with Crippen molar-refractivity contribution < 1.29 is 33.8 Å². The molecule has 0 aliphatic heterocycles. The quantitative estimate of drug-likeness (QED) is 0.474. The van der Waals surface area contributed by atoms with Gasteiger partial charge in [0.1, 0.15) is 13.2 Å². The van der Waals surface area contributed by atoms with E-state index in [1.165, 1.54) is 7.11 Å². The maximum Gasteiger partial charge on any atom is 0.329 e. The van der Waals surface area contributed by atoms with Crippen LogP contribution in [0.5, 0.6) is 0 Å². The molecule has 0 atom stereocenters. The lowest BCUT2D eigenvalue weighted by molar-refractivity contribution is -0.143. The average molecular weight is 262 g/mol. The SMILES string of the molecule is COC(=O)CCNC(=O)NC(=O)COCC(=O)O. The van der Waals surface area contributed by atoms with Crippen LogP contribution in [0.2, 0.25) is 0 Å². The zero-order valence-electron chi connectivity index (χ0n) is 9.73. The van der Waals surface area contributed by atoms with Gasteiger partial charge >= 0.3 is 18.0 Å². The van der Waals surface area contributed by atoms with E-state index in [-0.39, 0.29) is 13.0 Å². The van der Waals surface area contributed by atoms with Gasteiger partial charge < -0.3 is 19.9 Å². The largest absolute Gasteiger partial charge is 0.480 e. The fraction of sp³-hybridized carbons (Fsp3) is 0.556. The van der Waals surface area contributed by atoms with Gasteiger partial charge in [0.15, 0.2) is 0 Å². The maximum atomic E-state index is 11.1. The molecule has 0 aromatic heterocycles. The predicted octanol–water partition coefficient (Wildman–Crippen LogP) is -1.52. The third kappa shape index (κ3) is 9.09. The lowest BCUT2D eigenvalue weighted by atomic mass is 10.4. The van der Waals surface area contributed by atoms with E-state index in [9.17, 15) is 19.2 Å². The molecule has 0 heterocycles. The summed E-state index contributed by atoms with van der Waals surface area (Å²) in [6.07, 6.45) is -0.0202. The number of rotatable bonds is 7. The van der Waals surface area contributed by atoms with Crippen molar-refractivity contribution in [3.63, 3.8) is 0 Å². The number of methoxy groups -OCH3 is 1. The number of hydrogen-bond acceptors (Lipinski definition) is 6. The Morgan fingerprint density at radius 1 is 1.17 bits per heavy atom. The molecule has 18 heavy (non-hydrogen) atoms. The highest BCUT2D eigenvalue weighted by Gasteiger charge is 2.09. The van der Waals surface area contributed by atoms with Gasteiger partial charge in [0.2, 0.25) is 0 Å². The number of carbonyl (C=O) groups is 4. The van der Waals surface area contributed by atoms with Crippen molar-refractivity contribution in [2.75, 3.05) is 26.9 Å². The van der Waals surface area contributed by atoms with Gasteiger partial charge in [0, 0.05) is 6.54 Å². The van der Waals surface area contributed by atoms with Crippen molar-refractivity contribution in [2.24, 2.45) is 0 Å². The van der Waals surface area contributed by atoms with Gasteiger partial charge in [-0.15, -0.1) is 0 Å². The Labute approximate surface area is 102 Å². The minimum Gasteiger partial charge on any atom is -0.480 e. The van der Waals surface area contributed by atoms with Crippen molar-refractivity contribution in [3.05, 3.63) is 0 Å². The monoisotopic (exact) mass is 262 g/mol. The molecule has 0 saturated carbocycles. The molecule has 9 nitrogen and oxygen atoms in total. The van der Waals surface area contributed by atoms with Crippen molar-refractivity contribution in [2.45, 2.75) is 6.42 Å². The first-order chi connectivity index (χ1) is 8.45. The lowest BCUT2D eigenvalue weighted by Crippen LogP contribution is -2.42. The molecule has 3 amide bonds. The third-order valence-corrected chi connectivity index (χ3v) is 1.55. The molecule has 0 radical (unpaired) electrons. The maximum absolute atomic E-state index is 11.1. The molecule has 0 bridgehead atoms. The number of carbonyl (C=O) groups excluding carboxylic acids is 3. The Morgan fingerprint density at radius 2 is 1.83 bits per heavy atom. The smallest absolute Gasteiger partial charge is 0.329 e. The fourth-order valence-electron chi connectivity index (χ4n) is 0.818. The van der Waals surface area contributed by atoms with E-state index < -0.39 is 37.1 Å². The molecule has 0 rings (SSSR count). The second kappa shape index (κ2) is 8.93. The number of imide groups is 1. The highest BCUT2D eigenvalue weighted by Crippen LogP contribution is 1.81.